The van der Waals surface area contributed by atoms with Gasteiger partial charge in [0.1, 0.15) is 11.5 Å². The average Bonchev–Trinajstić information content (AvgIpc) is 3.39. The van der Waals surface area contributed by atoms with Gasteiger partial charge >= 0.3 is 0 Å². The Labute approximate surface area is 197 Å². The molecule has 0 aliphatic carbocycles. The molecule has 2 heterocycles. The second-order valence-corrected chi connectivity index (χ2v) is 9.07. The molecule has 0 radical (unpaired) electrons. The molecule has 1 unspecified atom stereocenters. The predicted octanol–water partition coefficient (Wildman–Crippen LogP) is 5.47. The summed E-state index contributed by atoms with van der Waals surface area (Å²) in [6.07, 6.45) is 1.58. The van der Waals surface area contributed by atoms with Crippen LogP contribution < -0.4 is 9.47 Å². The molecule has 0 bridgehead atoms. The standard InChI is InChI=1S/C25H28N4O3S/c1-16(2)29-24(17(3)32-19-10-8-9-18(13-19)31-5)26-27-25(29)33-15-23(30)21-14-28(4)22-12-7-6-11-20(21)22/h6-14,16-17H,15H2,1-5H3. The Morgan fingerprint density at radius 3 is 2.58 bits per heavy atom. The molecular formula is C25H28N4O3S. The summed E-state index contributed by atoms with van der Waals surface area (Å²) in [6.45, 7) is 6.08. The number of thioether (sulfide) groups is 1. The first-order valence-corrected chi connectivity index (χ1v) is 11.8. The first-order chi connectivity index (χ1) is 15.9. The minimum atomic E-state index is -0.324. The van der Waals surface area contributed by atoms with Crippen LogP contribution in [0.5, 0.6) is 11.5 Å². The Morgan fingerprint density at radius 2 is 1.82 bits per heavy atom. The van der Waals surface area contributed by atoms with E-state index in [1.54, 1.807) is 7.11 Å². The summed E-state index contributed by atoms with van der Waals surface area (Å²) in [5, 5.41) is 10.5. The van der Waals surface area contributed by atoms with E-state index in [1.165, 1.54) is 11.8 Å². The van der Waals surface area contributed by atoms with Crippen molar-refractivity contribution in [3.8, 4) is 11.5 Å². The van der Waals surface area contributed by atoms with Crippen LogP contribution in [-0.4, -0.2) is 38.0 Å². The number of carbonyl (C=O) groups excluding carboxylic acids is 1. The van der Waals surface area contributed by atoms with Crippen molar-refractivity contribution >= 4 is 28.4 Å². The van der Waals surface area contributed by atoms with Crippen molar-refractivity contribution in [3.05, 3.63) is 66.1 Å². The minimum absolute atomic E-state index is 0.0670. The Kier molecular flexibility index (Phi) is 6.74. The van der Waals surface area contributed by atoms with Gasteiger partial charge in [-0.2, -0.15) is 0 Å². The largest absolute Gasteiger partial charge is 0.497 e. The second-order valence-electron chi connectivity index (χ2n) is 8.13. The Morgan fingerprint density at radius 1 is 1.06 bits per heavy atom. The van der Waals surface area contributed by atoms with Crippen LogP contribution in [0.1, 0.15) is 49.1 Å². The molecule has 33 heavy (non-hydrogen) atoms. The molecule has 4 rings (SSSR count). The maximum atomic E-state index is 13.0. The highest BCUT2D eigenvalue weighted by atomic mass is 32.2. The fourth-order valence-corrected chi connectivity index (χ4v) is 4.81. The predicted molar refractivity (Wildman–Crippen MR) is 130 cm³/mol. The van der Waals surface area contributed by atoms with Crippen LogP contribution in [0.25, 0.3) is 10.9 Å². The molecule has 0 N–H and O–H groups in total. The number of rotatable bonds is 9. The van der Waals surface area contributed by atoms with Crippen molar-refractivity contribution in [1.29, 1.82) is 0 Å². The van der Waals surface area contributed by atoms with E-state index in [2.05, 4.69) is 24.0 Å². The number of ketones is 1. The van der Waals surface area contributed by atoms with Crippen LogP contribution in [0.3, 0.4) is 0 Å². The number of aromatic nitrogens is 4. The molecule has 0 saturated carbocycles. The summed E-state index contributed by atoms with van der Waals surface area (Å²) < 4.78 is 15.4. The van der Waals surface area contributed by atoms with Crippen molar-refractivity contribution in [2.75, 3.05) is 12.9 Å². The topological polar surface area (TPSA) is 71.2 Å². The first kappa shape index (κ1) is 22.9. The molecule has 0 spiro atoms. The van der Waals surface area contributed by atoms with E-state index < -0.39 is 0 Å². The zero-order valence-corrected chi connectivity index (χ0v) is 20.3. The number of nitrogens with zero attached hydrogens (tertiary/aromatic N) is 4. The Hall–Kier alpha value is -3.26. The van der Waals surface area contributed by atoms with Crippen molar-refractivity contribution < 1.29 is 14.3 Å². The monoisotopic (exact) mass is 464 g/mol. The zero-order chi connectivity index (χ0) is 23.5. The number of para-hydroxylation sites is 1. The van der Waals surface area contributed by atoms with Crippen molar-refractivity contribution in [2.24, 2.45) is 7.05 Å². The number of aryl methyl sites for hydroxylation is 1. The van der Waals surface area contributed by atoms with Crippen LogP contribution in [-0.2, 0) is 7.05 Å². The van der Waals surface area contributed by atoms with Gasteiger partial charge in [0.25, 0.3) is 0 Å². The third kappa shape index (κ3) is 4.75. The number of methoxy groups -OCH3 is 1. The average molecular weight is 465 g/mol. The maximum Gasteiger partial charge on any atom is 0.192 e. The highest BCUT2D eigenvalue weighted by Gasteiger charge is 2.23. The van der Waals surface area contributed by atoms with Crippen LogP contribution in [0.4, 0.5) is 0 Å². The number of carbonyl (C=O) groups is 1. The van der Waals surface area contributed by atoms with E-state index in [1.807, 2.05) is 77.8 Å². The lowest BCUT2D eigenvalue weighted by Crippen LogP contribution is -2.14. The van der Waals surface area contributed by atoms with E-state index in [0.717, 1.165) is 22.2 Å². The molecule has 0 amide bonds. The summed E-state index contributed by atoms with van der Waals surface area (Å²) in [5.41, 5.74) is 1.77. The highest BCUT2D eigenvalue weighted by Crippen LogP contribution is 2.30. The fourth-order valence-electron chi connectivity index (χ4n) is 3.85. The van der Waals surface area contributed by atoms with Crippen LogP contribution in [0.2, 0.25) is 0 Å². The molecular weight excluding hydrogens is 436 g/mol. The molecule has 0 aliphatic heterocycles. The summed E-state index contributed by atoms with van der Waals surface area (Å²) in [6, 6.07) is 15.5. The van der Waals surface area contributed by atoms with Crippen LogP contribution >= 0.6 is 11.8 Å². The number of Topliss-reactive ketones (excluding diaryl/α,β-unsaturated/α-hetero) is 1. The van der Waals surface area contributed by atoms with E-state index in [0.29, 0.717) is 16.7 Å². The van der Waals surface area contributed by atoms with Crippen molar-refractivity contribution in [2.45, 2.75) is 38.1 Å². The molecule has 0 fully saturated rings. The number of hydrogen-bond acceptors (Lipinski definition) is 6. The van der Waals surface area contributed by atoms with Crippen LogP contribution in [0.15, 0.2) is 59.9 Å². The van der Waals surface area contributed by atoms with E-state index in [-0.39, 0.29) is 23.7 Å². The van der Waals surface area contributed by atoms with E-state index in [9.17, 15) is 4.79 Å². The lowest BCUT2D eigenvalue weighted by Gasteiger charge is -2.19. The summed E-state index contributed by atoms with van der Waals surface area (Å²) in [4.78, 5) is 13.0. The van der Waals surface area contributed by atoms with E-state index >= 15 is 0 Å². The lowest BCUT2D eigenvalue weighted by molar-refractivity contribution is 0.102. The van der Waals surface area contributed by atoms with Gasteiger partial charge in [-0.1, -0.05) is 36.0 Å². The maximum absolute atomic E-state index is 13.0. The fraction of sp³-hybridized carbons (Fsp3) is 0.320. The Balaban J connectivity index is 1.52. The molecule has 0 saturated heterocycles. The Bertz CT molecular complexity index is 1280. The normalized spacial score (nSPS) is 12.3. The lowest BCUT2D eigenvalue weighted by atomic mass is 10.1. The van der Waals surface area contributed by atoms with Gasteiger partial charge in [0, 0.05) is 41.8 Å². The number of hydrogen-bond donors (Lipinski definition) is 0. The minimum Gasteiger partial charge on any atom is -0.497 e. The third-order valence-corrected chi connectivity index (χ3v) is 6.40. The first-order valence-electron chi connectivity index (χ1n) is 10.8. The highest BCUT2D eigenvalue weighted by molar-refractivity contribution is 7.99. The van der Waals surface area contributed by atoms with Gasteiger partial charge in [0.2, 0.25) is 0 Å². The molecule has 172 valence electrons. The summed E-state index contributed by atoms with van der Waals surface area (Å²) in [7, 11) is 3.58. The van der Waals surface area contributed by atoms with Gasteiger partial charge in [-0.3, -0.25) is 4.79 Å². The SMILES string of the molecule is COc1cccc(OC(C)c2nnc(SCC(=O)c3cn(C)c4ccccc34)n2C(C)C)c1. The number of fused-ring (bicyclic) bond motifs is 1. The summed E-state index contributed by atoms with van der Waals surface area (Å²) >= 11 is 1.40. The van der Waals surface area contributed by atoms with E-state index in [4.69, 9.17) is 9.47 Å². The molecule has 4 aromatic rings. The number of ether oxygens (including phenoxy) is 2. The number of benzene rings is 2. The molecule has 1 atom stereocenters. The van der Waals surface area contributed by atoms with Crippen molar-refractivity contribution in [3.63, 3.8) is 0 Å². The summed E-state index contributed by atoms with van der Waals surface area (Å²) in [5.74, 6) is 2.49. The van der Waals surface area contributed by atoms with Gasteiger partial charge in [0.15, 0.2) is 22.9 Å². The van der Waals surface area contributed by atoms with Gasteiger partial charge in [-0.05, 0) is 39.0 Å². The van der Waals surface area contributed by atoms with Crippen molar-refractivity contribution in [1.82, 2.24) is 19.3 Å². The zero-order valence-electron chi connectivity index (χ0n) is 19.5. The molecule has 7 nitrogen and oxygen atoms in total. The van der Waals surface area contributed by atoms with Crippen LogP contribution in [0, 0.1) is 0 Å². The molecule has 2 aromatic heterocycles. The quantitative estimate of drug-likeness (QED) is 0.241. The molecule has 8 heteroatoms. The van der Waals surface area contributed by atoms with Gasteiger partial charge in [-0.25, -0.2) is 0 Å². The molecule has 0 aliphatic rings. The van der Waals surface area contributed by atoms with Gasteiger partial charge in [-0.15, -0.1) is 10.2 Å². The second kappa shape index (κ2) is 9.70. The van der Waals surface area contributed by atoms with Gasteiger partial charge in [0.05, 0.1) is 12.9 Å². The smallest absolute Gasteiger partial charge is 0.192 e. The van der Waals surface area contributed by atoms with Gasteiger partial charge < -0.3 is 18.6 Å². The molecule has 2 aromatic carbocycles. The third-order valence-electron chi connectivity index (χ3n) is 5.45.